The van der Waals surface area contributed by atoms with Crippen molar-refractivity contribution in [1.82, 2.24) is 4.90 Å². The molecule has 2 aromatic rings. The van der Waals surface area contributed by atoms with Gasteiger partial charge in [0.15, 0.2) is 17.6 Å². The van der Waals surface area contributed by atoms with Gasteiger partial charge in [-0.2, -0.15) is 11.8 Å². The van der Waals surface area contributed by atoms with E-state index in [0.29, 0.717) is 5.25 Å². The van der Waals surface area contributed by atoms with Crippen LogP contribution >= 0.6 is 11.8 Å². The summed E-state index contributed by atoms with van der Waals surface area (Å²) in [6.07, 6.45) is 0.424. The van der Waals surface area contributed by atoms with Crippen molar-refractivity contribution in [3.63, 3.8) is 0 Å². The smallest absolute Gasteiger partial charge is 0.263 e. The second-order valence-electron chi connectivity index (χ2n) is 6.66. The molecule has 0 N–H and O–H groups in total. The van der Waals surface area contributed by atoms with Gasteiger partial charge in [0.25, 0.3) is 5.91 Å². The van der Waals surface area contributed by atoms with E-state index in [1.165, 1.54) is 5.56 Å². The fourth-order valence-corrected chi connectivity index (χ4v) is 4.60. The summed E-state index contributed by atoms with van der Waals surface area (Å²) in [4.78, 5) is 14.7. The second kappa shape index (κ2) is 8.13. The number of nitrogens with zero attached hydrogens (tertiary/aromatic N) is 1. The Kier molecular flexibility index (Phi) is 5.43. The van der Waals surface area contributed by atoms with Crippen molar-refractivity contribution in [2.24, 2.45) is 0 Å². The minimum Gasteiger partial charge on any atom is -0.481 e. The molecule has 0 saturated carbocycles. The van der Waals surface area contributed by atoms with E-state index in [-0.39, 0.29) is 12.7 Å². The van der Waals surface area contributed by atoms with Crippen LogP contribution in [-0.4, -0.2) is 42.5 Å². The topological polar surface area (TPSA) is 48.0 Å². The average molecular weight is 385 g/mol. The van der Waals surface area contributed by atoms with Crippen molar-refractivity contribution in [3.05, 3.63) is 54.1 Å². The third-order valence-corrected chi connectivity index (χ3v) is 6.15. The minimum atomic E-state index is -0.487. The molecule has 1 saturated heterocycles. The molecule has 0 aliphatic carbocycles. The van der Waals surface area contributed by atoms with E-state index in [1.54, 1.807) is 0 Å². The maximum absolute atomic E-state index is 12.8. The fourth-order valence-electron chi connectivity index (χ4n) is 3.38. The zero-order valence-electron chi connectivity index (χ0n) is 15.3. The summed E-state index contributed by atoms with van der Waals surface area (Å²) < 4.78 is 16.7. The van der Waals surface area contributed by atoms with Crippen LogP contribution in [0.2, 0.25) is 0 Å². The Morgan fingerprint density at radius 3 is 2.81 bits per heavy atom. The Balaban J connectivity index is 1.37. The Morgan fingerprint density at radius 2 is 1.96 bits per heavy atom. The van der Waals surface area contributed by atoms with Gasteiger partial charge in [0, 0.05) is 24.1 Å². The number of carbonyl (C=O) groups is 1. The molecule has 2 aromatic carbocycles. The van der Waals surface area contributed by atoms with Crippen LogP contribution in [-0.2, 0) is 4.79 Å². The van der Waals surface area contributed by atoms with E-state index in [0.717, 1.165) is 42.5 Å². The highest BCUT2D eigenvalue weighted by molar-refractivity contribution is 7.99. The number of hydrogen-bond acceptors (Lipinski definition) is 5. The first-order valence-electron chi connectivity index (χ1n) is 9.22. The molecule has 2 atom stereocenters. The summed E-state index contributed by atoms with van der Waals surface area (Å²) in [5.41, 5.74) is 1.23. The lowest BCUT2D eigenvalue weighted by atomic mass is 10.1. The van der Waals surface area contributed by atoms with Gasteiger partial charge >= 0.3 is 0 Å². The fraction of sp³-hybridized carbons (Fsp3) is 0.381. The molecule has 0 aromatic heterocycles. The predicted octanol–water partition coefficient (Wildman–Crippen LogP) is 3.89. The molecule has 0 bridgehead atoms. The lowest BCUT2D eigenvalue weighted by molar-refractivity contribution is -0.137. The number of amides is 1. The largest absolute Gasteiger partial charge is 0.481 e. The summed E-state index contributed by atoms with van der Waals surface area (Å²) in [5.74, 6) is 3.30. The van der Waals surface area contributed by atoms with Gasteiger partial charge in [-0.3, -0.25) is 4.79 Å². The van der Waals surface area contributed by atoms with Crippen molar-refractivity contribution in [1.29, 1.82) is 0 Å². The lowest BCUT2D eigenvalue weighted by Crippen LogP contribution is -2.41. The number of rotatable bonds is 4. The summed E-state index contributed by atoms with van der Waals surface area (Å²) in [6, 6.07) is 15.6. The number of thioether (sulfide) groups is 1. The van der Waals surface area contributed by atoms with Crippen molar-refractivity contribution >= 4 is 17.7 Å². The Labute approximate surface area is 163 Å². The van der Waals surface area contributed by atoms with Crippen molar-refractivity contribution in [3.8, 4) is 17.2 Å². The maximum Gasteiger partial charge on any atom is 0.263 e. The lowest BCUT2D eigenvalue weighted by Gasteiger charge is -2.24. The maximum atomic E-state index is 12.8. The van der Waals surface area contributed by atoms with E-state index in [4.69, 9.17) is 14.2 Å². The normalized spacial score (nSPS) is 20.0. The van der Waals surface area contributed by atoms with Crippen LogP contribution in [0.25, 0.3) is 0 Å². The first-order valence-corrected chi connectivity index (χ1v) is 10.3. The van der Waals surface area contributed by atoms with Crippen LogP contribution in [0.4, 0.5) is 0 Å². The molecule has 0 spiro atoms. The summed E-state index contributed by atoms with van der Waals surface area (Å²) in [6.45, 7) is 3.58. The SMILES string of the molecule is CC(Oc1ccccc1)C(=O)N1CCSC(c2ccc3c(c2)OCO3)CC1. The molecular formula is C21H23NO4S. The standard InChI is InChI=1S/C21H23NO4S/c1-15(26-17-5-3-2-4-6-17)21(23)22-10-9-20(27-12-11-22)16-7-8-18-19(13-16)25-14-24-18/h2-8,13,15,20H,9-12,14H2,1H3. The molecule has 27 heavy (non-hydrogen) atoms. The molecule has 1 amide bonds. The highest BCUT2D eigenvalue weighted by Gasteiger charge is 2.27. The molecule has 2 aliphatic rings. The molecule has 2 aliphatic heterocycles. The Morgan fingerprint density at radius 1 is 1.15 bits per heavy atom. The molecule has 0 radical (unpaired) electrons. The third kappa shape index (κ3) is 4.16. The van der Waals surface area contributed by atoms with Gasteiger partial charge in [-0.05, 0) is 43.2 Å². The number of para-hydroxylation sites is 1. The van der Waals surface area contributed by atoms with Gasteiger partial charge in [0.1, 0.15) is 5.75 Å². The van der Waals surface area contributed by atoms with Gasteiger partial charge in [-0.25, -0.2) is 0 Å². The number of ether oxygens (including phenoxy) is 3. The number of carbonyl (C=O) groups excluding carboxylic acids is 1. The van der Waals surface area contributed by atoms with Crippen molar-refractivity contribution < 1.29 is 19.0 Å². The predicted molar refractivity (Wildman–Crippen MR) is 105 cm³/mol. The monoisotopic (exact) mass is 385 g/mol. The van der Waals surface area contributed by atoms with Gasteiger partial charge in [0.2, 0.25) is 6.79 Å². The summed E-state index contributed by atoms with van der Waals surface area (Å²) >= 11 is 1.89. The van der Waals surface area contributed by atoms with Gasteiger partial charge < -0.3 is 19.1 Å². The minimum absolute atomic E-state index is 0.0470. The molecule has 5 nitrogen and oxygen atoms in total. The van der Waals surface area contributed by atoms with Crippen molar-refractivity contribution in [2.45, 2.75) is 24.7 Å². The second-order valence-corrected chi connectivity index (χ2v) is 7.97. The van der Waals surface area contributed by atoms with Gasteiger partial charge in [-0.15, -0.1) is 0 Å². The third-order valence-electron chi connectivity index (χ3n) is 4.83. The highest BCUT2D eigenvalue weighted by Crippen LogP contribution is 2.40. The van der Waals surface area contributed by atoms with Crippen molar-refractivity contribution in [2.75, 3.05) is 25.6 Å². The molecule has 2 heterocycles. The molecular weight excluding hydrogens is 362 g/mol. The number of benzene rings is 2. The zero-order chi connectivity index (χ0) is 18.6. The van der Waals surface area contributed by atoms with Crippen LogP contribution in [0.3, 0.4) is 0 Å². The highest BCUT2D eigenvalue weighted by atomic mass is 32.2. The van der Waals surface area contributed by atoms with E-state index >= 15 is 0 Å². The van der Waals surface area contributed by atoms with Crippen LogP contribution in [0.1, 0.15) is 24.2 Å². The first kappa shape index (κ1) is 18.0. The quantitative estimate of drug-likeness (QED) is 0.799. The number of fused-ring (bicyclic) bond motifs is 1. The van der Waals surface area contributed by atoms with Crippen LogP contribution in [0, 0.1) is 0 Å². The average Bonchev–Trinajstić information content (AvgIpc) is 3.03. The van der Waals surface area contributed by atoms with Crippen LogP contribution in [0.15, 0.2) is 48.5 Å². The molecule has 2 unspecified atom stereocenters. The van der Waals surface area contributed by atoms with E-state index in [2.05, 4.69) is 12.1 Å². The van der Waals surface area contributed by atoms with Crippen LogP contribution in [0.5, 0.6) is 17.2 Å². The zero-order valence-corrected chi connectivity index (χ0v) is 16.1. The van der Waals surface area contributed by atoms with E-state index < -0.39 is 6.10 Å². The molecule has 1 fully saturated rings. The Hall–Kier alpha value is -2.34. The van der Waals surface area contributed by atoms with E-state index in [1.807, 2.05) is 60.0 Å². The summed E-state index contributed by atoms with van der Waals surface area (Å²) in [7, 11) is 0. The first-order chi connectivity index (χ1) is 13.2. The Bertz CT molecular complexity index is 798. The number of hydrogen-bond donors (Lipinski definition) is 0. The van der Waals surface area contributed by atoms with Gasteiger partial charge in [-0.1, -0.05) is 24.3 Å². The molecule has 142 valence electrons. The van der Waals surface area contributed by atoms with Gasteiger partial charge in [0.05, 0.1) is 0 Å². The van der Waals surface area contributed by atoms with E-state index in [9.17, 15) is 4.79 Å². The molecule has 4 rings (SSSR count). The summed E-state index contributed by atoms with van der Waals surface area (Å²) in [5, 5.41) is 0.350. The molecule has 6 heteroatoms. The van der Waals surface area contributed by atoms with Crippen LogP contribution < -0.4 is 14.2 Å².